The van der Waals surface area contributed by atoms with Crippen molar-refractivity contribution in [2.75, 3.05) is 7.05 Å². The van der Waals surface area contributed by atoms with Gasteiger partial charge in [0.2, 0.25) is 0 Å². The standard InChI is InChI=1S/C20H27N3O4/c1-20(2,3)27-19(26)23(5)13-7-6-12(10-13)14-8-9-15(18(24)25)17-16(14)11-22(4)21-17/h8-9,11-13H,6-7,10H2,1-5H3,(H,24,25)/t12?,13-/m1/s1. The molecule has 1 aromatic carbocycles. The number of aryl methyl sites for hydroxylation is 1. The van der Waals surface area contributed by atoms with Gasteiger partial charge in [0.05, 0.1) is 5.56 Å². The highest BCUT2D eigenvalue weighted by Crippen LogP contribution is 2.40. The second-order valence-electron chi connectivity index (χ2n) is 8.33. The van der Waals surface area contributed by atoms with Crippen molar-refractivity contribution in [1.82, 2.24) is 14.7 Å². The van der Waals surface area contributed by atoms with Crippen LogP contribution >= 0.6 is 0 Å². The topological polar surface area (TPSA) is 84.7 Å². The van der Waals surface area contributed by atoms with Gasteiger partial charge in [-0.3, -0.25) is 4.68 Å². The van der Waals surface area contributed by atoms with E-state index in [2.05, 4.69) is 5.10 Å². The molecule has 7 nitrogen and oxygen atoms in total. The van der Waals surface area contributed by atoms with Gasteiger partial charge in [0.1, 0.15) is 11.1 Å². The number of carboxylic acids is 1. The number of nitrogens with zero attached hydrogens (tertiary/aromatic N) is 3. The number of aromatic nitrogens is 2. The molecule has 3 rings (SSSR count). The molecule has 0 spiro atoms. The van der Waals surface area contributed by atoms with Gasteiger partial charge in [-0.2, -0.15) is 5.10 Å². The number of ether oxygens (including phenoxy) is 1. The van der Waals surface area contributed by atoms with Crippen molar-refractivity contribution in [3.05, 3.63) is 29.5 Å². The van der Waals surface area contributed by atoms with Crippen molar-refractivity contribution in [2.24, 2.45) is 7.05 Å². The summed E-state index contributed by atoms with van der Waals surface area (Å²) in [5, 5.41) is 14.6. The summed E-state index contributed by atoms with van der Waals surface area (Å²) in [6.45, 7) is 5.58. The first-order valence-corrected chi connectivity index (χ1v) is 9.22. The lowest BCUT2D eigenvalue weighted by molar-refractivity contribution is 0.0225. The SMILES string of the molecule is CN(C(=O)OC(C)(C)C)[C@@H]1CCC(c2ccc(C(=O)O)c3nn(C)cc23)C1. The molecule has 0 saturated heterocycles. The Morgan fingerprint density at radius 3 is 2.63 bits per heavy atom. The third-order valence-corrected chi connectivity index (χ3v) is 5.13. The Kier molecular flexibility index (Phi) is 4.88. The maximum absolute atomic E-state index is 12.3. The van der Waals surface area contributed by atoms with E-state index in [0.717, 1.165) is 30.2 Å². The molecule has 2 aromatic rings. The zero-order chi connectivity index (χ0) is 19.9. The van der Waals surface area contributed by atoms with Gasteiger partial charge in [0, 0.05) is 31.7 Å². The molecule has 1 heterocycles. The Balaban J connectivity index is 1.82. The number of carbonyl (C=O) groups is 2. The summed E-state index contributed by atoms with van der Waals surface area (Å²) in [5.41, 5.74) is 1.32. The molecule has 2 atom stereocenters. The molecular weight excluding hydrogens is 346 g/mol. The lowest BCUT2D eigenvalue weighted by atomic mass is 9.93. The first-order valence-electron chi connectivity index (χ1n) is 9.22. The number of benzene rings is 1. The van der Waals surface area contributed by atoms with Crippen LogP contribution in [0.25, 0.3) is 10.9 Å². The van der Waals surface area contributed by atoms with Crippen LogP contribution < -0.4 is 0 Å². The molecule has 1 aliphatic rings. The monoisotopic (exact) mass is 373 g/mol. The number of hydrogen-bond acceptors (Lipinski definition) is 4. The molecular formula is C20H27N3O4. The number of carboxylic acid groups (broad SMARTS) is 1. The van der Waals surface area contributed by atoms with Crippen LogP contribution in [0.15, 0.2) is 18.3 Å². The first kappa shape index (κ1) is 19.2. The van der Waals surface area contributed by atoms with Crippen molar-refractivity contribution < 1.29 is 19.4 Å². The van der Waals surface area contributed by atoms with Crippen LogP contribution in [-0.2, 0) is 11.8 Å². The third kappa shape index (κ3) is 3.91. The van der Waals surface area contributed by atoms with E-state index in [0.29, 0.717) is 5.52 Å². The lowest BCUT2D eigenvalue weighted by Crippen LogP contribution is -2.39. The maximum atomic E-state index is 12.3. The number of amides is 1. The van der Waals surface area contributed by atoms with Crippen molar-refractivity contribution in [1.29, 1.82) is 0 Å². The molecule has 1 saturated carbocycles. The van der Waals surface area contributed by atoms with Crippen molar-refractivity contribution >= 4 is 23.0 Å². The average molecular weight is 373 g/mol. The highest BCUT2D eigenvalue weighted by Gasteiger charge is 2.34. The molecule has 146 valence electrons. The highest BCUT2D eigenvalue weighted by atomic mass is 16.6. The van der Waals surface area contributed by atoms with Crippen LogP contribution in [0.1, 0.15) is 61.9 Å². The van der Waals surface area contributed by atoms with Gasteiger partial charge in [-0.1, -0.05) is 6.07 Å². The summed E-state index contributed by atoms with van der Waals surface area (Å²) >= 11 is 0. The average Bonchev–Trinajstić information content (AvgIpc) is 3.17. The van der Waals surface area contributed by atoms with Crippen LogP contribution in [0.2, 0.25) is 0 Å². The van der Waals surface area contributed by atoms with Gasteiger partial charge in [-0.15, -0.1) is 0 Å². The van der Waals surface area contributed by atoms with E-state index in [-0.39, 0.29) is 23.6 Å². The number of carbonyl (C=O) groups excluding carboxylic acids is 1. The fourth-order valence-corrected chi connectivity index (χ4v) is 3.84. The molecule has 1 unspecified atom stereocenters. The second-order valence-corrected chi connectivity index (χ2v) is 8.33. The van der Waals surface area contributed by atoms with E-state index in [1.165, 1.54) is 0 Å². The quantitative estimate of drug-likeness (QED) is 0.885. The fourth-order valence-electron chi connectivity index (χ4n) is 3.84. The Labute approximate surface area is 158 Å². The summed E-state index contributed by atoms with van der Waals surface area (Å²) in [7, 11) is 3.58. The van der Waals surface area contributed by atoms with Crippen LogP contribution in [0, 0.1) is 0 Å². The fraction of sp³-hybridized carbons (Fsp3) is 0.550. The Morgan fingerprint density at radius 1 is 1.30 bits per heavy atom. The first-order chi connectivity index (χ1) is 12.6. The summed E-state index contributed by atoms with van der Waals surface area (Å²) in [4.78, 5) is 25.5. The lowest BCUT2D eigenvalue weighted by Gasteiger charge is -2.28. The van der Waals surface area contributed by atoms with Crippen LogP contribution in [0.4, 0.5) is 4.79 Å². The van der Waals surface area contributed by atoms with Crippen molar-refractivity contribution in [3.8, 4) is 0 Å². The maximum Gasteiger partial charge on any atom is 0.410 e. The summed E-state index contributed by atoms with van der Waals surface area (Å²) in [5.74, 6) is -0.714. The minimum Gasteiger partial charge on any atom is -0.478 e. The van der Waals surface area contributed by atoms with Crippen molar-refractivity contribution in [3.63, 3.8) is 0 Å². The zero-order valence-corrected chi connectivity index (χ0v) is 16.5. The van der Waals surface area contributed by atoms with Gasteiger partial charge in [0.25, 0.3) is 0 Å². The smallest absolute Gasteiger partial charge is 0.410 e. The normalized spacial score (nSPS) is 20.0. The van der Waals surface area contributed by atoms with Crippen LogP contribution in [0.5, 0.6) is 0 Å². The minimum absolute atomic E-state index is 0.107. The molecule has 7 heteroatoms. The largest absolute Gasteiger partial charge is 0.478 e. The summed E-state index contributed by atoms with van der Waals surface area (Å²) in [6, 6.07) is 3.64. The Hall–Kier alpha value is -2.57. The summed E-state index contributed by atoms with van der Waals surface area (Å²) in [6.07, 6.45) is 4.23. The minimum atomic E-state index is -0.973. The summed E-state index contributed by atoms with van der Waals surface area (Å²) < 4.78 is 7.13. The Morgan fingerprint density at radius 2 is 2.00 bits per heavy atom. The van der Waals surface area contributed by atoms with Gasteiger partial charge < -0.3 is 14.7 Å². The predicted molar refractivity (Wildman–Crippen MR) is 102 cm³/mol. The van der Waals surface area contributed by atoms with E-state index >= 15 is 0 Å². The van der Waals surface area contributed by atoms with Gasteiger partial charge >= 0.3 is 12.1 Å². The van der Waals surface area contributed by atoms with E-state index in [1.807, 2.05) is 33.0 Å². The molecule has 1 aliphatic carbocycles. The predicted octanol–water partition coefficient (Wildman–Crippen LogP) is 3.77. The number of hydrogen-bond donors (Lipinski definition) is 1. The van der Waals surface area contributed by atoms with Crippen LogP contribution in [0.3, 0.4) is 0 Å². The highest BCUT2D eigenvalue weighted by molar-refractivity contribution is 6.02. The van der Waals surface area contributed by atoms with E-state index in [9.17, 15) is 14.7 Å². The molecule has 1 fully saturated rings. The van der Waals surface area contributed by atoms with Gasteiger partial charge in [-0.05, 0) is 57.6 Å². The molecule has 0 bridgehead atoms. The van der Waals surface area contributed by atoms with Crippen molar-refractivity contribution in [2.45, 2.75) is 57.6 Å². The molecule has 0 radical (unpaired) electrons. The van der Waals surface area contributed by atoms with E-state index < -0.39 is 11.6 Å². The number of fused-ring (bicyclic) bond motifs is 1. The molecule has 0 aliphatic heterocycles. The third-order valence-electron chi connectivity index (χ3n) is 5.13. The second kappa shape index (κ2) is 6.87. The molecule has 1 aromatic heterocycles. The van der Waals surface area contributed by atoms with Gasteiger partial charge in [0.15, 0.2) is 0 Å². The van der Waals surface area contributed by atoms with Crippen LogP contribution in [-0.4, -0.2) is 50.5 Å². The molecule has 27 heavy (non-hydrogen) atoms. The van der Waals surface area contributed by atoms with E-state index in [1.54, 1.807) is 29.7 Å². The zero-order valence-electron chi connectivity index (χ0n) is 16.5. The van der Waals surface area contributed by atoms with E-state index in [4.69, 9.17) is 4.74 Å². The molecule has 1 N–H and O–H groups in total. The number of rotatable bonds is 3. The molecule has 1 amide bonds. The number of aromatic carboxylic acids is 1. The Bertz CT molecular complexity index is 881. The van der Waals surface area contributed by atoms with Gasteiger partial charge in [-0.25, -0.2) is 9.59 Å².